The van der Waals surface area contributed by atoms with Crippen molar-refractivity contribution in [2.24, 2.45) is 0 Å². The molecule has 6 heteroatoms. The van der Waals surface area contributed by atoms with Gasteiger partial charge in [0.05, 0.1) is 5.56 Å². The van der Waals surface area contributed by atoms with Gasteiger partial charge in [-0.05, 0) is 42.8 Å². The fourth-order valence-electron chi connectivity index (χ4n) is 2.60. The van der Waals surface area contributed by atoms with Crippen LogP contribution in [-0.2, 0) is 4.79 Å². The molecule has 0 aliphatic heterocycles. The van der Waals surface area contributed by atoms with Crippen LogP contribution in [0.2, 0.25) is 0 Å². The first-order valence-corrected chi connectivity index (χ1v) is 8.40. The van der Waals surface area contributed by atoms with Crippen LogP contribution in [0.4, 0.5) is 5.69 Å². The number of carbonyl (C=O) groups excluding carboxylic acids is 1. The van der Waals surface area contributed by atoms with Crippen LogP contribution in [0.5, 0.6) is 0 Å². The van der Waals surface area contributed by atoms with Gasteiger partial charge in [-0.15, -0.1) is 0 Å². The number of amides is 1. The van der Waals surface area contributed by atoms with Crippen LogP contribution in [0.15, 0.2) is 70.7 Å². The molecule has 1 aromatic heterocycles. The second-order valence-corrected chi connectivity index (χ2v) is 6.03. The summed E-state index contributed by atoms with van der Waals surface area (Å²) in [6.07, 6.45) is 1.34. The minimum atomic E-state index is -1.02. The fourth-order valence-corrected chi connectivity index (χ4v) is 2.60. The molecule has 2 N–H and O–H groups in total. The Bertz CT molecular complexity index is 1110. The number of carboxylic acid groups (broad SMARTS) is 1. The van der Waals surface area contributed by atoms with E-state index < -0.39 is 11.9 Å². The molecule has 0 spiro atoms. The van der Waals surface area contributed by atoms with Gasteiger partial charge < -0.3 is 14.8 Å². The van der Waals surface area contributed by atoms with Gasteiger partial charge in [0, 0.05) is 17.3 Å². The van der Waals surface area contributed by atoms with E-state index in [1.165, 1.54) is 12.1 Å². The lowest BCUT2D eigenvalue weighted by Crippen LogP contribution is -2.13. The molecule has 0 saturated carbocycles. The molecule has 0 saturated heterocycles. The topological polar surface area (TPSA) is 103 Å². The Morgan fingerprint density at radius 2 is 1.86 bits per heavy atom. The van der Waals surface area contributed by atoms with Gasteiger partial charge in [0.2, 0.25) is 0 Å². The van der Waals surface area contributed by atoms with Crippen LogP contribution < -0.4 is 5.32 Å². The number of benzene rings is 2. The number of aromatic carboxylic acids is 1. The zero-order chi connectivity index (χ0) is 20.1. The Balaban J connectivity index is 1.84. The predicted octanol–water partition coefficient (Wildman–Crippen LogP) is 4.50. The third-order valence-electron chi connectivity index (χ3n) is 4.06. The van der Waals surface area contributed by atoms with Gasteiger partial charge in [-0.3, -0.25) is 4.79 Å². The van der Waals surface area contributed by atoms with Gasteiger partial charge in [0.15, 0.2) is 0 Å². The first-order valence-electron chi connectivity index (χ1n) is 8.40. The van der Waals surface area contributed by atoms with Gasteiger partial charge >= 0.3 is 5.97 Å². The lowest BCUT2D eigenvalue weighted by atomic mass is 10.0. The Morgan fingerprint density at radius 1 is 1.11 bits per heavy atom. The van der Waals surface area contributed by atoms with Gasteiger partial charge in [-0.2, -0.15) is 5.26 Å². The highest BCUT2D eigenvalue weighted by atomic mass is 16.4. The summed E-state index contributed by atoms with van der Waals surface area (Å²) in [5.41, 5.74) is 1.89. The second kappa shape index (κ2) is 8.06. The number of nitriles is 1. The van der Waals surface area contributed by atoms with Gasteiger partial charge in [-0.25, -0.2) is 4.79 Å². The maximum Gasteiger partial charge on any atom is 0.335 e. The smallest absolute Gasteiger partial charge is 0.335 e. The van der Waals surface area contributed by atoms with Crippen molar-refractivity contribution in [2.75, 3.05) is 5.32 Å². The van der Waals surface area contributed by atoms with Crippen molar-refractivity contribution >= 4 is 23.6 Å². The van der Waals surface area contributed by atoms with Crippen molar-refractivity contribution in [1.82, 2.24) is 0 Å². The van der Waals surface area contributed by atoms with Crippen molar-refractivity contribution in [3.05, 3.63) is 83.1 Å². The molecule has 6 nitrogen and oxygen atoms in total. The van der Waals surface area contributed by atoms with Crippen molar-refractivity contribution in [3.63, 3.8) is 0 Å². The predicted molar refractivity (Wildman–Crippen MR) is 105 cm³/mol. The van der Waals surface area contributed by atoms with E-state index in [-0.39, 0.29) is 11.1 Å². The van der Waals surface area contributed by atoms with Crippen molar-refractivity contribution in [1.29, 1.82) is 5.26 Å². The zero-order valence-electron chi connectivity index (χ0n) is 15.0. The van der Waals surface area contributed by atoms with Crippen LogP contribution in [0, 0.1) is 18.3 Å². The monoisotopic (exact) mass is 372 g/mol. The summed E-state index contributed by atoms with van der Waals surface area (Å²) in [4.78, 5) is 23.6. The summed E-state index contributed by atoms with van der Waals surface area (Å²) in [6.45, 7) is 1.72. The highest BCUT2D eigenvalue weighted by Gasteiger charge is 2.13. The summed E-state index contributed by atoms with van der Waals surface area (Å²) in [7, 11) is 0. The lowest BCUT2D eigenvalue weighted by molar-refractivity contribution is -0.112. The number of furan rings is 1. The maximum atomic E-state index is 12.3. The molecular formula is C22H16N2O4. The first-order chi connectivity index (χ1) is 13.5. The average molecular weight is 372 g/mol. The number of carboxylic acids is 1. The van der Waals surface area contributed by atoms with E-state index in [1.807, 2.05) is 12.1 Å². The van der Waals surface area contributed by atoms with Crippen molar-refractivity contribution in [3.8, 4) is 17.4 Å². The van der Waals surface area contributed by atoms with E-state index in [2.05, 4.69) is 5.32 Å². The van der Waals surface area contributed by atoms with Crippen LogP contribution >= 0.6 is 0 Å². The molecular weight excluding hydrogens is 356 g/mol. The molecule has 0 aliphatic rings. The summed E-state index contributed by atoms with van der Waals surface area (Å²) in [5, 5.41) is 21.2. The van der Waals surface area contributed by atoms with E-state index in [0.29, 0.717) is 28.3 Å². The molecule has 0 aliphatic carbocycles. The number of aryl methyl sites for hydroxylation is 1. The minimum Gasteiger partial charge on any atom is -0.478 e. The van der Waals surface area contributed by atoms with Crippen LogP contribution in [0.25, 0.3) is 17.4 Å². The van der Waals surface area contributed by atoms with E-state index in [0.717, 1.165) is 0 Å². The largest absolute Gasteiger partial charge is 0.478 e. The molecule has 0 bridgehead atoms. The number of hydrogen-bond acceptors (Lipinski definition) is 4. The molecule has 0 radical (unpaired) electrons. The lowest BCUT2D eigenvalue weighted by Gasteiger charge is -2.04. The summed E-state index contributed by atoms with van der Waals surface area (Å²) >= 11 is 0. The third kappa shape index (κ3) is 4.17. The molecule has 1 amide bonds. The third-order valence-corrected chi connectivity index (χ3v) is 4.06. The zero-order valence-corrected chi connectivity index (χ0v) is 15.0. The molecule has 1 heterocycles. The normalized spacial score (nSPS) is 10.9. The number of carbonyl (C=O) groups is 2. The highest BCUT2D eigenvalue weighted by molar-refractivity contribution is 6.09. The molecule has 0 unspecified atom stereocenters. The van der Waals surface area contributed by atoms with Crippen LogP contribution in [0.3, 0.4) is 0 Å². The summed E-state index contributed by atoms with van der Waals surface area (Å²) in [6, 6.07) is 18.9. The Morgan fingerprint density at radius 3 is 2.54 bits per heavy atom. The second-order valence-electron chi connectivity index (χ2n) is 6.03. The van der Waals surface area contributed by atoms with Gasteiger partial charge in [0.25, 0.3) is 5.91 Å². The minimum absolute atomic E-state index is 0.111. The molecule has 0 atom stereocenters. The molecule has 3 rings (SSSR count). The summed E-state index contributed by atoms with van der Waals surface area (Å²) < 4.78 is 5.68. The molecule has 3 aromatic rings. The first kappa shape index (κ1) is 18.7. The number of nitrogens with one attached hydrogen (secondary N) is 1. The molecule has 28 heavy (non-hydrogen) atoms. The quantitative estimate of drug-likeness (QED) is 0.507. The molecule has 2 aromatic carbocycles. The Kier molecular flexibility index (Phi) is 5.38. The van der Waals surface area contributed by atoms with Gasteiger partial charge in [0.1, 0.15) is 23.2 Å². The number of rotatable bonds is 5. The number of nitrogens with zero attached hydrogens (tertiary/aromatic N) is 1. The molecule has 138 valence electrons. The van der Waals surface area contributed by atoms with Gasteiger partial charge in [-0.1, -0.05) is 30.3 Å². The standard InChI is InChI=1S/C22H16N2O4/c1-14-7-8-15(12-19(14)22(26)27)20-10-9-18(28-20)11-16(13-23)21(25)24-17-5-3-2-4-6-17/h2-12H,1H3,(H,24,25)(H,26,27)/b16-11-. The fraction of sp³-hybridized carbons (Fsp3) is 0.0455. The highest BCUT2D eigenvalue weighted by Crippen LogP contribution is 2.26. The van der Waals surface area contributed by atoms with Crippen molar-refractivity contribution in [2.45, 2.75) is 6.92 Å². The van der Waals surface area contributed by atoms with Crippen LogP contribution in [0.1, 0.15) is 21.7 Å². The van der Waals surface area contributed by atoms with Crippen molar-refractivity contribution < 1.29 is 19.1 Å². The average Bonchev–Trinajstić information content (AvgIpc) is 3.15. The summed E-state index contributed by atoms with van der Waals surface area (Å²) in [5.74, 6) is -0.813. The van der Waals surface area contributed by atoms with Crippen LogP contribution in [-0.4, -0.2) is 17.0 Å². The van der Waals surface area contributed by atoms with E-state index in [1.54, 1.807) is 55.5 Å². The van der Waals surface area contributed by atoms with E-state index >= 15 is 0 Å². The Hall–Kier alpha value is -4.11. The Labute approximate surface area is 161 Å². The van der Waals surface area contributed by atoms with E-state index in [9.17, 15) is 20.0 Å². The SMILES string of the molecule is Cc1ccc(-c2ccc(/C=C(/C#N)C(=O)Nc3ccccc3)o2)cc1C(=O)O. The molecule has 0 fully saturated rings. The van der Waals surface area contributed by atoms with E-state index in [4.69, 9.17) is 4.42 Å². The number of para-hydroxylation sites is 1. The maximum absolute atomic E-state index is 12.3. The number of anilines is 1. The number of hydrogen-bond donors (Lipinski definition) is 2.